The maximum atomic E-state index is 14.3. The zero-order valence-electron chi connectivity index (χ0n) is 14.7. The second-order valence-corrected chi connectivity index (χ2v) is 9.13. The van der Waals surface area contributed by atoms with E-state index in [9.17, 15) is 17.6 Å². The Balaban J connectivity index is 1.98. The van der Waals surface area contributed by atoms with Crippen LogP contribution in [-0.2, 0) is 19.5 Å². The predicted octanol–water partition coefficient (Wildman–Crippen LogP) is 2.05. The Hall–Kier alpha value is -1.51. The summed E-state index contributed by atoms with van der Waals surface area (Å²) in [7, 11) is -1.47. The van der Waals surface area contributed by atoms with Gasteiger partial charge in [-0.15, -0.1) is 0 Å². The molecule has 3 rings (SSSR count). The highest BCUT2D eigenvalue weighted by Gasteiger charge is 2.62. The van der Waals surface area contributed by atoms with Gasteiger partial charge in [-0.2, -0.15) is 4.31 Å². The number of benzene rings is 1. The van der Waals surface area contributed by atoms with Crippen molar-refractivity contribution in [1.29, 1.82) is 0 Å². The van der Waals surface area contributed by atoms with Crippen molar-refractivity contribution in [3.63, 3.8) is 0 Å². The third kappa shape index (κ3) is 2.67. The molecule has 1 aromatic rings. The van der Waals surface area contributed by atoms with Crippen molar-refractivity contribution in [3.05, 3.63) is 29.6 Å². The first kappa shape index (κ1) is 18.3. The van der Waals surface area contributed by atoms with E-state index >= 15 is 0 Å². The van der Waals surface area contributed by atoms with Gasteiger partial charge in [-0.25, -0.2) is 17.6 Å². The van der Waals surface area contributed by atoms with Crippen LogP contribution < -0.4 is 0 Å². The van der Waals surface area contributed by atoms with Crippen molar-refractivity contribution in [2.24, 2.45) is 11.3 Å². The first-order valence-electron chi connectivity index (χ1n) is 8.10. The van der Waals surface area contributed by atoms with Gasteiger partial charge in [-0.3, -0.25) is 0 Å². The Morgan fingerprint density at radius 3 is 2.72 bits per heavy atom. The van der Waals surface area contributed by atoms with Gasteiger partial charge in [-0.05, 0) is 24.6 Å². The van der Waals surface area contributed by atoms with Gasteiger partial charge < -0.3 is 9.47 Å². The molecule has 0 unspecified atom stereocenters. The lowest BCUT2D eigenvalue weighted by atomic mass is 9.57. The predicted molar refractivity (Wildman–Crippen MR) is 88.1 cm³/mol. The van der Waals surface area contributed by atoms with Gasteiger partial charge in [0.1, 0.15) is 10.7 Å². The number of fused-ring (bicyclic) bond motifs is 1. The highest BCUT2D eigenvalue weighted by atomic mass is 32.2. The van der Waals surface area contributed by atoms with E-state index < -0.39 is 26.7 Å². The summed E-state index contributed by atoms with van der Waals surface area (Å²) in [6, 6.07) is 2.92. The first-order chi connectivity index (χ1) is 11.6. The molecule has 1 saturated carbocycles. The maximum Gasteiger partial charge on any atom is 0.337 e. The molecule has 0 amide bonds. The van der Waals surface area contributed by atoms with Crippen molar-refractivity contribution < 1.29 is 27.1 Å². The van der Waals surface area contributed by atoms with Crippen molar-refractivity contribution in [2.45, 2.75) is 37.3 Å². The highest BCUT2D eigenvalue weighted by molar-refractivity contribution is 7.89. The molecular weight excluding hydrogens is 349 g/mol. The molecular formula is C17H22FNO5S. The fraction of sp³-hybridized carbons (Fsp3) is 0.588. The third-order valence-electron chi connectivity index (χ3n) is 5.44. The molecule has 6 nitrogen and oxygen atoms in total. The molecule has 3 atom stereocenters. The molecule has 0 N–H and O–H groups in total. The molecule has 1 saturated heterocycles. The summed E-state index contributed by atoms with van der Waals surface area (Å²) in [4.78, 5) is 11.1. The minimum Gasteiger partial charge on any atom is -0.465 e. The van der Waals surface area contributed by atoms with Crippen LogP contribution in [0.1, 0.15) is 30.6 Å². The smallest absolute Gasteiger partial charge is 0.337 e. The van der Waals surface area contributed by atoms with Crippen LogP contribution in [0.15, 0.2) is 23.1 Å². The van der Waals surface area contributed by atoms with Gasteiger partial charge in [0.15, 0.2) is 0 Å². The molecule has 8 heteroatoms. The van der Waals surface area contributed by atoms with Gasteiger partial charge in [0.2, 0.25) is 10.0 Å². The molecule has 0 spiro atoms. The standard InChI is InChI=1S/C17H22FNO5S/c1-17(2)14(11-7-8-24-15(11)17)19(3)25(21,22)13-9-10(16(20)23-4)5-6-12(13)18/h5-6,9,11,14-15H,7-8H2,1-4H3/t11-,14-,15-/m1/s1. The molecule has 1 heterocycles. The number of methoxy groups -OCH3 is 1. The lowest BCUT2D eigenvalue weighted by Gasteiger charge is -2.57. The van der Waals surface area contributed by atoms with Crippen LogP contribution in [0.25, 0.3) is 0 Å². The van der Waals surface area contributed by atoms with E-state index in [0.717, 1.165) is 18.6 Å². The fourth-order valence-electron chi connectivity index (χ4n) is 4.29. The number of halogens is 1. The zero-order valence-corrected chi connectivity index (χ0v) is 15.5. The topological polar surface area (TPSA) is 72.9 Å². The number of carbonyl (C=O) groups is 1. The number of hydrogen-bond donors (Lipinski definition) is 0. The summed E-state index contributed by atoms with van der Waals surface area (Å²) in [6.45, 7) is 4.52. The Morgan fingerprint density at radius 2 is 2.08 bits per heavy atom. The zero-order chi connectivity index (χ0) is 18.6. The minimum atomic E-state index is -4.11. The minimum absolute atomic E-state index is 0.00850. The second kappa shape index (κ2) is 6.03. The fourth-order valence-corrected chi connectivity index (χ4v) is 5.91. The summed E-state index contributed by atoms with van der Waals surface area (Å²) in [6.07, 6.45) is 0.796. The van der Waals surface area contributed by atoms with Gasteiger partial charge in [-0.1, -0.05) is 13.8 Å². The first-order valence-corrected chi connectivity index (χ1v) is 9.54. The van der Waals surface area contributed by atoms with Crippen LogP contribution in [0.2, 0.25) is 0 Å². The Kier molecular flexibility index (Phi) is 4.41. The molecule has 25 heavy (non-hydrogen) atoms. The van der Waals surface area contributed by atoms with Crippen molar-refractivity contribution >= 4 is 16.0 Å². The maximum absolute atomic E-state index is 14.3. The third-order valence-corrected chi connectivity index (χ3v) is 7.29. The highest BCUT2D eigenvalue weighted by Crippen LogP contribution is 2.55. The molecule has 1 aromatic carbocycles. The summed E-state index contributed by atoms with van der Waals surface area (Å²) in [5, 5.41) is 0. The largest absolute Gasteiger partial charge is 0.465 e. The van der Waals surface area contributed by atoms with E-state index in [2.05, 4.69) is 4.74 Å². The van der Waals surface area contributed by atoms with Gasteiger partial charge in [0, 0.05) is 31.0 Å². The Morgan fingerprint density at radius 1 is 1.40 bits per heavy atom. The molecule has 0 radical (unpaired) electrons. The van der Waals surface area contributed by atoms with Crippen molar-refractivity contribution in [2.75, 3.05) is 20.8 Å². The molecule has 2 aliphatic rings. The lowest BCUT2D eigenvalue weighted by Crippen LogP contribution is -2.66. The van der Waals surface area contributed by atoms with Crippen LogP contribution in [0.3, 0.4) is 0 Å². The molecule has 138 valence electrons. The lowest BCUT2D eigenvalue weighted by molar-refractivity contribution is -0.131. The SMILES string of the molecule is COC(=O)c1ccc(F)c(S(=O)(=O)N(C)[C@@H]2[C@H]3CCO[C@H]3C2(C)C)c1. The average molecular weight is 371 g/mol. The number of carbonyl (C=O) groups excluding carboxylic acids is 1. The molecule has 0 aromatic heterocycles. The van der Waals surface area contributed by atoms with Crippen LogP contribution in [0, 0.1) is 17.2 Å². The normalized spacial score (nSPS) is 27.7. The summed E-state index contributed by atoms with van der Waals surface area (Å²) in [5.74, 6) is -1.51. The molecule has 2 fully saturated rings. The number of sulfonamides is 1. The average Bonchev–Trinajstić information content (AvgIpc) is 3.00. The van der Waals surface area contributed by atoms with Gasteiger partial charge in [0.05, 0.1) is 18.8 Å². The van der Waals surface area contributed by atoms with Gasteiger partial charge >= 0.3 is 5.97 Å². The summed E-state index contributed by atoms with van der Waals surface area (Å²) in [5.41, 5.74) is -0.370. The van der Waals surface area contributed by atoms with Crippen molar-refractivity contribution in [1.82, 2.24) is 4.31 Å². The number of rotatable bonds is 4. The van der Waals surface area contributed by atoms with E-state index in [0.29, 0.717) is 6.61 Å². The molecule has 1 aliphatic heterocycles. The van der Waals surface area contributed by atoms with Crippen LogP contribution in [0.4, 0.5) is 4.39 Å². The van der Waals surface area contributed by atoms with Crippen molar-refractivity contribution in [3.8, 4) is 0 Å². The Labute approximate surface area is 147 Å². The van der Waals surface area contributed by atoms with Gasteiger partial charge in [0.25, 0.3) is 0 Å². The van der Waals surface area contributed by atoms with E-state index in [4.69, 9.17) is 4.74 Å². The second-order valence-electron chi connectivity index (χ2n) is 7.17. The quantitative estimate of drug-likeness (QED) is 0.758. The van der Waals surface area contributed by atoms with Crippen LogP contribution in [-0.4, -0.2) is 51.6 Å². The van der Waals surface area contributed by atoms with Crippen LogP contribution >= 0.6 is 0 Å². The monoisotopic (exact) mass is 371 g/mol. The number of esters is 1. The number of ether oxygens (including phenoxy) is 2. The number of hydrogen-bond acceptors (Lipinski definition) is 5. The van der Waals surface area contributed by atoms with E-state index in [1.54, 1.807) is 0 Å². The molecule has 1 aliphatic carbocycles. The summed E-state index contributed by atoms with van der Waals surface area (Å²) >= 11 is 0. The molecule has 0 bridgehead atoms. The van der Waals surface area contributed by atoms with E-state index in [1.165, 1.54) is 24.5 Å². The van der Waals surface area contributed by atoms with Crippen LogP contribution in [0.5, 0.6) is 0 Å². The van der Waals surface area contributed by atoms with E-state index in [1.807, 2.05) is 13.8 Å². The Bertz CT molecular complexity index is 807. The van der Waals surface area contributed by atoms with E-state index in [-0.39, 0.29) is 29.0 Å². The number of nitrogens with zero attached hydrogens (tertiary/aromatic N) is 1. The summed E-state index contributed by atoms with van der Waals surface area (Å²) < 4.78 is 51.8.